The molecule has 1 N–H and O–H groups in total. The van der Waals surface area contributed by atoms with Crippen LogP contribution in [0, 0.1) is 0 Å². The molecule has 30 heavy (non-hydrogen) atoms. The Morgan fingerprint density at radius 2 is 1.67 bits per heavy atom. The molecule has 7 heteroatoms. The van der Waals surface area contributed by atoms with E-state index < -0.39 is 0 Å². The van der Waals surface area contributed by atoms with Gasteiger partial charge >= 0.3 is 0 Å². The Bertz CT molecular complexity index is 1350. The van der Waals surface area contributed by atoms with Crippen molar-refractivity contribution in [1.82, 2.24) is 4.57 Å². The average Bonchev–Trinajstić information content (AvgIpc) is 2.75. The highest BCUT2D eigenvalue weighted by molar-refractivity contribution is 6.32. The van der Waals surface area contributed by atoms with Gasteiger partial charge in [-0.05, 0) is 36.4 Å². The van der Waals surface area contributed by atoms with Gasteiger partial charge in [-0.1, -0.05) is 53.5 Å². The minimum Gasteiger partial charge on any atom is -0.495 e. The third-order valence-electron chi connectivity index (χ3n) is 4.67. The first-order valence-electron chi connectivity index (χ1n) is 9.00. The Labute approximate surface area is 182 Å². The average molecular weight is 439 g/mol. The van der Waals surface area contributed by atoms with Crippen LogP contribution < -0.4 is 10.3 Å². The Balaban J connectivity index is 1.95. The van der Waals surface area contributed by atoms with Crippen LogP contribution >= 0.6 is 23.2 Å². The second-order valence-electron chi connectivity index (χ2n) is 6.45. The van der Waals surface area contributed by atoms with E-state index in [4.69, 9.17) is 27.9 Å². The molecule has 0 radical (unpaired) electrons. The van der Waals surface area contributed by atoms with E-state index in [0.29, 0.717) is 43.5 Å². The quantitative estimate of drug-likeness (QED) is 0.411. The first-order chi connectivity index (χ1) is 14.5. The molecular weight excluding hydrogens is 423 g/mol. The van der Waals surface area contributed by atoms with Crippen LogP contribution in [-0.4, -0.2) is 23.0 Å². The summed E-state index contributed by atoms with van der Waals surface area (Å²) in [5.41, 5.74) is 0.965. The third kappa shape index (κ3) is 3.54. The molecule has 4 aromatic rings. The van der Waals surface area contributed by atoms with E-state index in [2.05, 4.69) is 4.99 Å². The topological polar surface area (TPSA) is 63.8 Å². The second kappa shape index (κ2) is 8.22. The van der Waals surface area contributed by atoms with Gasteiger partial charge in [-0.25, -0.2) is 4.57 Å². The number of aliphatic imine (C=N–C) groups is 1. The molecule has 0 saturated carbocycles. The van der Waals surface area contributed by atoms with Crippen LogP contribution in [-0.2, 0) is 0 Å². The summed E-state index contributed by atoms with van der Waals surface area (Å²) in [6.45, 7) is 0. The van der Waals surface area contributed by atoms with Gasteiger partial charge in [0.05, 0.1) is 34.1 Å². The van der Waals surface area contributed by atoms with Crippen LogP contribution in [0.2, 0.25) is 10.0 Å². The number of rotatable bonds is 4. The molecule has 3 aromatic carbocycles. The number of aromatic nitrogens is 1. The molecule has 1 heterocycles. The molecule has 1 aromatic heterocycles. The molecular formula is C23H16Cl2N2O3. The number of para-hydroxylation sites is 1. The van der Waals surface area contributed by atoms with E-state index >= 15 is 0 Å². The van der Waals surface area contributed by atoms with E-state index in [9.17, 15) is 9.90 Å². The van der Waals surface area contributed by atoms with E-state index in [0.717, 1.165) is 0 Å². The standard InChI is InChI=1S/C23H16Cl2N2O3/c1-30-21-11-10-14(12-19(21)25)26-13-17-15-6-2-3-7-16(15)22(28)27(23(17)29)20-9-5-4-8-18(20)24/h2-13,29H,1H3. The van der Waals surface area contributed by atoms with Crippen molar-refractivity contribution in [2.45, 2.75) is 0 Å². The number of methoxy groups -OCH3 is 1. The number of ether oxygens (including phenoxy) is 1. The largest absolute Gasteiger partial charge is 0.495 e. The summed E-state index contributed by atoms with van der Waals surface area (Å²) < 4.78 is 6.34. The molecule has 4 rings (SSSR count). The van der Waals surface area contributed by atoms with Gasteiger partial charge in [-0.3, -0.25) is 9.79 Å². The molecule has 0 spiro atoms. The van der Waals surface area contributed by atoms with Crippen molar-refractivity contribution in [3.8, 4) is 17.3 Å². The van der Waals surface area contributed by atoms with Gasteiger partial charge in [0.15, 0.2) is 0 Å². The lowest BCUT2D eigenvalue weighted by molar-refractivity contribution is 0.415. The molecule has 0 fully saturated rings. The summed E-state index contributed by atoms with van der Waals surface area (Å²) in [5, 5.41) is 12.8. The van der Waals surface area contributed by atoms with Crippen molar-refractivity contribution in [1.29, 1.82) is 0 Å². The Morgan fingerprint density at radius 1 is 0.967 bits per heavy atom. The normalized spacial score (nSPS) is 11.3. The van der Waals surface area contributed by atoms with Crippen molar-refractivity contribution in [2.75, 3.05) is 7.11 Å². The fourth-order valence-electron chi connectivity index (χ4n) is 3.22. The van der Waals surface area contributed by atoms with E-state index in [1.165, 1.54) is 17.9 Å². The zero-order valence-electron chi connectivity index (χ0n) is 15.8. The van der Waals surface area contributed by atoms with Crippen molar-refractivity contribution in [2.24, 2.45) is 4.99 Å². The van der Waals surface area contributed by atoms with Crippen LogP contribution in [0.1, 0.15) is 5.56 Å². The van der Waals surface area contributed by atoms with E-state index in [1.54, 1.807) is 66.7 Å². The second-order valence-corrected chi connectivity index (χ2v) is 7.27. The summed E-state index contributed by atoms with van der Waals surface area (Å²) >= 11 is 12.5. The minimum atomic E-state index is -0.374. The van der Waals surface area contributed by atoms with Crippen molar-refractivity contribution in [3.05, 3.63) is 92.7 Å². The highest BCUT2D eigenvalue weighted by Gasteiger charge is 2.17. The fourth-order valence-corrected chi connectivity index (χ4v) is 3.69. The van der Waals surface area contributed by atoms with E-state index in [1.807, 2.05) is 0 Å². The Hall–Kier alpha value is -3.28. The van der Waals surface area contributed by atoms with Gasteiger partial charge in [-0.2, -0.15) is 0 Å². The number of pyridine rings is 1. The molecule has 0 atom stereocenters. The number of benzene rings is 3. The van der Waals surface area contributed by atoms with Gasteiger partial charge in [0.1, 0.15) is 5.75 Å². The van der Waals surface area contributed by atoms with Gasteiger partial charge in [-0.15, -0.1) is 0 Å². The molecule has 0 aliphatic rings. The fraction of sp³-hybridized carbons (Fsp3) is 0.0435. The zero-order chi connectivity index (χ0) is 21.3. The molecule has 0 saturated heterocycles. The maximum atomic E-state index is 13.1. The first-order valence-corrected chi connectivity index (χ1v) is 9.76. The highest BCUT2D eigenvalue weighted by atomic mass is 35.5. The predicted molar refractivity (Wildman–Crippen MR) is 121 cm³/mol. The lowest BCUT2D eigenvalue weighted by atomic mass is 10.1. The zero-order valence-corrected chi connectivity index (χ0v) is 17.4. The Morgan fingerprint density at radius 3 is 2.37 bits per heavy atom. The monoisotopic (exact) mass is 438 g/mol. The maximum Gasteiger partial charge on any atom is 0.265 e. The van der Waals surface area contributed by atoms with Crippen LogP contribution in [0.25, 0.3) is 16.5 Å². The molecule has 5 nitrogen and oxygen atoms in total. The van der Waals surface area contributed by atoms with Crippen LogP contribution in [0.4, 0.5) is 5.69 Å². The molecule has 0 bridgehead atoms. The lowest BCUT2D eigenvalue weighted by Gasteiger charge is -2.14. The number of halogens is 2. The number of fused-ring (bicyclic) bond motifs is 1. The maximum absolute atomic E-state index is 13.1. The van der Waals surface area contributed by atoms with Crippen LogP contribution in [0.3, 0.4) is 0 Å². The van der Waals surface area contributed by atoms with Crippen LogP contribution in [0.15, 0.2) is 76.5 Å². The van der Waals surface area contributed by atoms with Crippen molar-refractivity contribution >= 4 is 45.9 Å². The molecule has 0 amide bonds. The SMILES string of the molecule is COc1ccc(N=Cc2c(O)n(-c3ccccc3Cl)c(=O)c3ccccc23)cc1Cl. The van der Waals surface area contributed by atoms with Gasteiger partial charge < -0.3 is 9.84 Å². The number of aromatic hydroxyl groups is 1. The molecule has 0 aliphatic carbocycles. The van der Waals surface area contributed by atoms with Gasteiger partial charge in [0.2, 0.25) is 5.88 Å². The smallest absolute Gasteiger partial charge is 0.265 e. The lowest BCUT2D eigenvalue weighted by Crippen LogP contribution is -2.20. The summed E-state index contributed by atoms with van der Waals surface area (Å²) in [6, 6.07) is 18.9. The summed E-state index contributed by atoms with van der Waals surface area (Å²) in [7, 11) is 1.53. The molecule has 0 aliphatic heterocycles. The third-order valence-corrected chi connectivity index (χ3v) is 5.29. The van der Waals surface area contributed by atoms with Crippen molar-refractivity contribution < 1.29 is 9.84 Å². The summed E-state index contributed by atoms with van der Waals surface area (Å²) in [4.78, 5) is 17.5. The summed E-state index contributed by atoms with van der Waals surface area (Å²) in [6.07, 6.45) is 1.50. The van der Waals surface area contributed by atoms with Crippen molar-refractivity contribution in [3.63, 3.8) is 0 Å². The predicted octanol–water partition coefficient (Wildman–Crippen LogP) is 5.76. The first kappa shape index (κ1) is 20.0. The summed E-state index contributed by atoms with van der Waals surface area (Å²) in [5.74, 6) is 0.284. The number of hydrogen-bond donors (Lipinski definition) is 1. The number of nitrogens with zero attached hydrogens (tertiary/aromatic N) is 2. The van der Waals surface area contributed by atoms with Gasteiger partial charge in [0, 0.05) is 17.0 Å². The molecule has 150 valence electrons. The number of hydrogen-bond acceptors (Lipinski definition) is 4. The minimum absolute atomic E-state index is 0.254. The van der Waals surface area contributed by atoms with Crippen LogP contribution in [0.5, 0.6) is 11.6 Å². The van der Waals surface area contributed by atoms with Gasteiger partial charge in [0.25, 0.3) is 5.56 Å². The highest BCUT2D eigenvalue weighted by Crippen LogP contribution is 2.31. The molecule has 0 unspecified atom stereocenters. The van der Waals surface area contributed by atoms with E-state index in [-0.39, 0.29) is 11.4 Å². The Kier molecular flexibility index (Phi) is 5.48.